The van der Waals surface area contributed by atoms with Crippen molar-refractivity contribution >= 4 is 5.91 Å². The lowest BCUT2D eigenvalue weighted by atomic mass is 9.97. The van der Waals surface area contributed by atoms with Crippen molar-refractivity contribution in [2.75, 3.05) is 7.05 Å². The van der Waals surface area contributed by atoms with E-state index in [4.69, 9.17) is 0 Å². The Morgan fingerprint density at radius 1 is 1.29 bits per heavy atom. The maximum Gasteiger partial charge on any atom is 0.223 e. The summed E-state index contributed by atoms with van der Waals surface area (Å²) < 4.78 is 14.9. The van der Waals surface area contributed by atoms with Gasteiger partial charge in [0.05, 0.1) is 6.54 Å². The minimum Gasteiger partial charge on any atom is -0.353 e. The highest BCUT2D eigenvalue weighted by Crippen LogP contribution is 2.20. The van der Waals surface area contributed by atoms with Crippen LogP contribution in [0.2, 0.25) is 0 Å². The van der Waals surface area contributed by atoms with Gasteiger partial charge in [0.15, 0.2) is 0 Å². The molecular weight excluding hydrogens is 267 g/mol. The summed E-state index contributed by atoms with van der Waals surface area (Å²) in [4.78, 5) is 14.0. The Kier molecular flexibility index (Phi) is 4.78. The van der Waals surface area contributed by atoms with Crippen molar-refractivity contribution < 1.29 is 9.18 Å². The summed E-state index contributed by atoms with van der Waals surface area (Å²) in [7, 11) is 3.78. The Labute approximate surface area is 125 Å². The summed E-state index contributed by atoms with van der Waals surface area (Å²) in [6.07, 6.45) is 2.39. The fourth-order valence-electron chi connectivity index (χ4n) is 2.32. The number of halogens is 1. The summed E-state index contributed by atoms with van der Waals surface area (Å²) in [5, 5.41) is 0. The Hall–Kier alpha value is -2.10. The third-order valence-electron chi connectivity index (χ3n) is 3.80. The van der Waals surface area contributed by atoms with E-state index in [-0.39, 0.29) is 17.6 Å². The molecule has 0 spiro atoms. The molecule has 0 fully saturated rings. The van der Waals surface area contributed by atoms with Crippen LogP contribution in [-0.2, 0) is 18.4 Å². The third kappa shape index (κ3) is 3.94. The molecule has 1 aromatic heterocycles. The molecule has 0 aliphatic rings. The first-order chi connectivity index (χ1) is 9.97. The average molecular weight is 288 g/mol. The molecule has 0 aliphatic carbocycles. The fourth-order valence-corrected chi connectivity index (χ4v) is 2.32. The van der Waals surface area contributed by atoms with Gasteiger partial charge in [0.2, 0.25) is 5.91 Å². The van der Waals surface area contributed by atoms with Gasteiger partial charge in [0.1, 0.15) is 5.82 Å². The van der Waals surface area contributed by atoms with Gasteiger partial charge in [-0.1, -0.05) is 19.1 Å². The van der Waals surface area contributed by atoms with Crippen LogP contribution in [0.5, 0.6) is 0 Å². The minimum atomic E-state index is -0.252. The van der Waals surface area contributed by atoms with Crippen molar-refractivity contribution in [2.24, 2.45) is 7.05 Å². The van der Waals surface area contributed by atoms with Gasteiger partial charge in [-0.05, 0) is 35.7 Å². The standard InChI is InChI=1S/C17H21FN2O/c1-13(14-6-8-15(18)9-7-14)11-17(21)20(3)12-16-5-4-10-19(16)2/h4-10,13H,11-12H2,1-3H3. The molecule has 0 radical (unpaired) electrons. The van der Waals surface area contributed by atoms with Crippen molar-refractivity contribution in [2.45, 2.75) is 25.8 Å². The van der Waals surface area contributed by atoms with Crippen molar-refractivity contribution in [3.05, 3.63) is 59.7 Å². The Morgan fingerprint density at radius 2 is 1.95 bits per heavy atom. The highest BCUT2D eigenvalue weighted by molar-refractivity contribution is 5.76. The van der Waals surface area contributed by atoms with Crippen molar-refractivity contribution in [3.63, 3.8) is 0 Å². The van der Waals surface area contributed by atoms with E-state index in [9.17, 15) is 9.18 Å². The van der Waals surface area contributed by atoms with E-state index in [0.29, 0.717) is 13.0 Å². The number of hydrogen-bond acceptors (Lipinski definition) is 1. The molecule has 21 heavy (non-hydrogen) atoms. The summed E-state index contributed by atoms with van der Waals surface area (Å²) in [5.41, 5.74) is 2.08. The fraction of sp³-hybridized carbons (Fsp3) is 0.353. The molecule has 0 bridgehead atoms. The monoisotopic (exact) mass is 288 g/mol. The molecule has 0 N–H and O–H groups in total. The lowest BCUT2D eigenvalue weighted by molar-refractivity contribution is -0.130. The Balaban J connectivity index is 1.94. The van der Waals surface area contributed by atoms with Gasteiger partial charge < -0.3 is 9.47 Å². The van der Waals surface area contributed by atoms with Gasteiger partial charge in [0.25, 0.3) is 0 Å². The lowest BCUT2D eigenvalue weighted by Gasteiger charge is -2.20. The number of aryl methyl sites for hydroxylation is 1. The molecule has 2 rings (SSSR count). The molecule has 0 saturated carbocycles. The largest absolute Gasteiger partial charge is 0.353 e. The van der Waals surface area contributed by atoms with Crippen LogP contribution in [-0.4, -0.2) is 22.4 Å². The minimum absolute atomic E-state index is 0.0777. The number of rotatable bonds is 5. The van der Waals surface area contributed by atoms with Crippen LogP contribution in [0, 0.1) is 5.82 Å². The topological polar surface area (TPSA) is 25.2 Å². The molecule has 1 amide bonds. The molecule has 2 aromatic rings. The quantitative estimate of drug-likeness (QED) is 0.828. The van der Waals surface area contributed by atoms with Crippen molar-refractivity contribution in [1.82, 2.24) is 9.47 Å². The number of nitrogens with zero attached hydrogens (tertiary/aromatic N) is 2. The third-order valence-corrected chi connectivity index (χ3v) is 3.80. The van der Waals surface area contributed by atoms with Gasteiger partial charge in [-0.3, -0.25) is 4.79 Å². The van der Waals surface area contributed by atoms with Crippen LogP contribution in [0.4, 0.5) is 4.39 Å². The summed E-state index contributed by atoms with van der Waals surface area (Å²) in [5.74, 6) is -0.0833. The van der Waals surface area contributed by atoms with Crippen LogP contribution in [0.25, 0.3) is 0 Å². The zero-order valence-corrected chi connectivity index (χ0v) is 12.7. The molecule has 1 atom stereocenters. The molecule has 112 valence electrons. The highest BCUT2D eigenvalue weighted by Gasteiger charge is 2.15. The molecule has 1 unspecified atom stereocenters. The average Bonchev–Trinajstić information content (AvgIpc) is 2.84. The van der Waals surface area contributed by atoms with E-state index >= 15 is 0 Å². The van der Waals surface area contributed by atoms with Crippen LogP contribution >= 0.6 is 0 Å². The van der Waals surface area contributed by atoms with E-state index in [1.165, 1.54) is 12.1 Å². The molecule has 0 aliphatic heterocycles. The number of hydrogen-bond donors (Lipinski definition) is 0. The van der Waals surface area contributed by atoms with Gasteiger partial charge in [0, 0.05) is 32.4 Å². The first-order valence-electron chi connectivity index (χ1n) is 7.07. The van der Waals surface area contributed by atoms with Gasteiger partial charge in [-0.25, -0.2) is 4.39 Å². The zero-order valence-electron chi connectivity index (χ0n) is 12.7. The second kappa shape index (κ2) is 6.57. The van der Waals surface area contributed by atoms with Crippen molar-refractivity contribution in [1.29, 1.82) is 0 Å². The second-order valence-corrected chi connectivity index (χ2v) is 5.52. The number of carbonyl (C=O) groups is 1. The van der Waals surface area contributed by atoms with Gasteiger partial charge in [-0.2, -0.15) is 0 Å². The molecular formula is C17H21FN2O. The number of carbonyl (C=O) groups excluding carboxylic acids is 1. The number of aromatic nitrogens is 1. The van der Waals surface area contributed by atoms with Crippen LogP contribution in [0.15, 0.2) is 42.6 Å². The van der Waals surface area contributed by atoms with Gasteiger partial charge >= 0.3 is 0 Å². The summed E-state index contributed by atoms with van der Waals surface area (Å²) in [6, 6.07) is 10.3. The van der Waals surface area contributed by atoms with E-state index in [1.54, 1.807) is 17.0 Å². The van der Waals surface area contributed by atoms with Crippen LogP contribution in [0.1, 0.15) is 30.5 Å². The summed E-state index contributed by atoms with van der Waals surface area (Å²) in [6.45, 7) is 2.58. The van der Waals surface area contributed by atoms with Gasteiger partial charge in [-0.15, -0.1) is 0 Å². The number of amides is 1. The van der Waals surface area contributed by atoms with Crippen LogP contribution in [0.3, 0.4) is 0 Å². The predicted molar refractivity (Wildman–Crippen MR) is 81.3 cm³/mol. The molecule has 3 nitrogen and oxygen atoms in total. The summed E-state index contributed by atoms with van der Waals surface area (Å²) >= 11 is 0. The molecule has 1 heterocycles. The van der Waals surface area contributed by atoms with Crippen molar-refractivity contribution in [3.8, 4) is 0 Å². The first-order valence-corrected chi connectivity index (χ1v) is 7.07. The van der Waals surface area contributed by atoms with E-state index < -0.39 is 0 Å². The lowest BCUT2D eigenvalue weighted by Crippen LogP contribution is -2.28. The van der Waals surface area contributed by atoms with E-state index in [2.05, 4.69) is 0 Å². The highest BCUT2D eigenvalue weighted by atomic mass is 19.1. The molecule has 1 aromatic carbocycles. The maximum absolute atomic E-state index is 12.9. The molecule has 0 saturated heterocycles. The van der Waals surface area contributed by atoms with E-state index in [1.807, 2.05) is 43.9 Å². The normalized spacial score (nSPS) is 12.2. The first kappa shape index (κ1) is 15.3. The Morgan fingerprint density at radius 3 is 2.52 bits per heavy atom. The smallest absolute Gasteiger partial charge is 0.223 e. The van der Waals surface area contributed by atoms with Crippen LogP contribution < -0.4 is 0 Å². The SMILES string of the molecule is CC(CC(=O)N(C)Cc1cccn1C)c1ccc(F)cc1. The Bertz CT molecular complexity index is 604. The predicted octanol–water partition coefficient (Wildman–Crippen LogP) is 3.32. The van der Waals surface area contributed by atoms with E-state index in [0.717, 1.165) is 11.3 Å². The second-order valence-electron chi connectivity index (χ2n) is 5.52. The molecule has 4 heteroatoms. The maximum atomic E-state index is 12.9. The number of benzene rings is 1. The zero-order chi connectivity index (χ0) is 15.4.